The number of benzene rings is 1. The standard InChI is InChI=1S/C24H32O9/c1-24-7-6-12-11-3-2-10(25)8-14(11)16(9-13(12)15(24)4-5-17(24)26)32-23-20(29)18(27)19(28)21(33-23)22(30)31/h2-3,8,12-13,15-21,23,25-29H,4-7,9H2,1H3,(H,30,31)/t12-,13-,15+,16+,17+,18+,19+,20-,21+,23-,24+/m1/s1. The Balaban J connectivity index is 1.47. The molecule has 4 aliphatic rings. The molecule has 0 radical (unpaired) electrons. The first kappa shape index (κ1) is 23.0. The number of rotatable bonds is 3. The number of hydrogen-bond donors (Lipinski definition) is 6. The first-order valence-corrected chi connectivity index (χ1v) is 11.7. The highest BCUT2D eigenvalue weighted by Crippen LogP contribution is 2.62. The van der Waals surface area contributed by atoms with Gasteiger partial charge in [-0.05, 0) is 78.5 Å². The van der Waals surface area contributed by atoms with Crippen LogP contribution in [0.25, 0.3) is 0 Å². The average Bonchev–Trinajstić information content (AvgIpc) is 3.08. The highest BCUT2D eigenvalue weighted by molar-refractivity contribution is 5.73. The van der Waals surface area contributed by atoms with Crippen LogP contribution in [0.15, 0.2) is 18.2 Å². The number of aliphatic carboxylic acids is 1. The molecule has 2 saturated carbocycles. The Labute approximate surface area is 191 Å². The summed E-state index contributed by atoms with van der Waals surface area (Å²) < 4.78 is 11.5. The van der Waals surface area contributed by atoms with Gasteiger partial charge in [0, 0.05) is 0 Å². The molecule has 0 amide bonds. The van der Waals surface area contributed by atoms with E-state index in [1.165, 1.54) is 0 Å². The molecule has 33 heavy (non-hydrogen) atoms. The van der Waals surface area contributed by atoms with E-state index in [0.717, 1.165) is 36.8 Å². The summed E-state index contributed by atoms with van der Waals surface area (Å²) in [6.45, 7) is 2.15. The van der Waals surface area contributed by atoms with Gasteiger partial charge in [0.25, 0.3) is 0 Å². The smallest absolute Gasteiger partial charge is 0.335 e. The molecule has 0 aromatic heterocycles. The van der Waals surface area contributed by atoms with Gasteiger partial charge in [-0.3, -0.25) is 0 Å². The van der Waals surface area contributed by atoms with Crippen LogP contribution in [-0.4, -0.2) is 73.4 Å². The van der Waals surface area contributed by atoms with Crippen molar-refractivity contribution in [1.82, 2.24) is 0 Å². The fraction of sp³-hybridized carbons (Fsp3) is 0.708. The lowest BCUT2D eigenvalue weighted by Crippen LogP contribution is -2.60. The summed E-state index contributed by atoms with van der Waals surface area (Å²) in [5, 5.41) is 60.8. The number of aliphatic hydroxyl groups excluding tert-OH is 4. The third-order valence-electron chi connectivity index (χ3n) is 8.80. The van der Waals surface area contributed by atoms with Crippen LogP contribution in [0.3, 0.4) is 0 Å². The lowest BCUT2D eigenvalue weighted by atomic mass is 9.55. The lowest BCUT2D eigenvalue weighted by Gasteiger charge is -2.52. The number of carboxylic acids is 1. The van der Waals surface area contributed by atoms with Crippen molar-refractivity contribution in [2.75, 3.05) is 0 Å². The fourth-order valence-electron chi connectivity index (χ4n) is 6.98. The molecule has 5 rings (SSSR count). The molecule has 182 valence electrons. The monoisotopic (exact) mass is 464 g/mol. The maximum absolute atomic E-state index is 11.5. The van der Waals surface area contributed by atoms with E-state index in [2.05, 4.69) is 6.92 Å². The molecule has 11 atom stereocenters. The van der Waals surface area contributed by atoms with E-state index in [1.807, 2.05) is 6.07 Å². The Bertz CT molecular complexity index is 921. The Morgan fingerprint density at radius 3 is 2.55 bits per heavy atom. The SMILES string of the molecule is C[C@]12CC[C@@H]3c4ccc(O)cc4[C@@H](O[C@@H]4O[C@H](C(=O)O)[C@@H](O)[C@H](O)[C@H]4O)C[C@H]3[C@@H]1CC[C@@H]2O. The number of phenolic OH excluding ortho intramolecular Hbond substituents is 1. The topological polar surface area (TPSA) is 157 Å². The average molecular weight is 465 g/mol. The summed E-state index contributed by atoms with van der Waals surface area (Å²) in [6.07, 6.45) is -5.30. The van der Waals surface area contributed by atoms with Gasteiger partial charge in [0.2, 0.25) is 0 Å². The lowest BCUT2D eigenvalue weighted by molar-refractivity contribution is -0.307. The summed E-state index contributed by atoms with van der Waals surface area (Å²) in [5.41, 5.74) is 1.62. The quantitative estimate of drug-likeness (QED) is 0.384. The van der Waals surface area contributed by atoms with Gasteiger partial charge in [0.1, 0.15) is 24.1 Å². The second-order valence-corrected chi connectivity index (χ2v) is 10.4. The van der Waals surface area contributed by atoms with Crippen LogP contribution >= 0.6 is 0 Å². The number of aromatic hydroxyl groups is 1. The number of fused-ring (bicyclic) bond motifs is 5. The molecule has 6 N–H and O–H groups in total. The molecule has 1 aromatic rings. The highest BCUT2D eigenvalue weighted by atomic mass is 16.7. The maximum atomic E-state index is 11.5. The number of phenols is 1. The molecule has 0 spiro atoms. The minimum atomic E-state index is -1.79. The first-order valence-electron chi connectivity index (χ1n) is 11.7. The third kappa shape index (κ3) is 3.57. The van der Waals surface area contributed by atoms with Gasteiger partial charge >= 0.3 is 5.97 Å². The van der Waals surface area contributed by atoms with Crippen LogP contribution in [0.5, 0.6) is 5.75 Å². The summed E-state index contributed by atoms with van der Waals surface area (Å²) in [5.74, 6) is -0.654. The molecule has 1 heterocycles. The van der Waals surface area contributed by atoms with E-state index in [1.54, 1.807) is 12.1 Å². The molecule has 3 fully saturated rings. The van der Waals surface area contributed by atoms with Crippen molar-refractivity contribution in [3.63, 3.8) is 0 Å². The van der Waals surface area contributed by atoms with Crippen LogP contribution in [-0.2, 0) is 14.3 Å². The van der Waals surface area contributed by atoms with Gasteiger partial charge in [-0.15, -0.1) is 0 Å². The zero-order chi connectivity index (χ0) is 23.7. The van der Waals surface area contributed by atoms with E-state index in [-0.39, 0.29) is 35.0 Å². The van der Waals surface area contributed by atoms with Crippen molar-refractivity contribution in [3.05, 3.63) is 29.3 Å². The van der Waals surface area contributed by atoms with Gasteiger partial charge in [-0.1, -0.05) is 13.0 Å². The Morgan fingerprint density at radius 2 is 1.82 bits per heavy atom. The Hall–Kier alpha value is -1.75. The van der Waals surface area contributed by atoms with E-state index in [4.69, 9.17) is 9.47 Å². The van der Waals surface area contributed by atoms with Crippen LogP contribution < -0.4 is 0 Å². The van der Waals surface area contributed by atoms with Crippen molar-refractivity contribution >= 4 is 5.97 Å². The number of ether oxygens (including phenoxy) is 2. The van der Waals surface area contributed by atoms with Crippen LogP contribution in [0.1, 0.15) is 62.2 Å². The summed E-state index contributed by atoms with van der Waals surface area (Å²) in [7, 11) is 0. The Kier molecular flexibility index (Phi) is 5.70. The normalized spacial score (nSPS) is 46.8. The summed E-state index contributed by atoms with van der Waals surface area (Å²) in [4.78, 5) is 11.5. The van der Waals surface area contributed by atoms with Crippen molar-refractivity contribution in [2.24, 2.45) is 17.3 Å². The molecular formula is C24H32O9. The van der Waals surface area contributed by atoms with Gasteiger partial charge in [-0.25, -0.2) is 4.79 Å². The number of carbonyl (C=O) groups is 1. The minimum Gasteiger partial charge on any atom is -0.508 e. The molecule has 0 bridgehead atoms. The van der Waals surface area contributed by atoms with E-state index >= 15 is 0 Å². The van der Waals surface area contributed by atoms with Crippen molar-refractivity contribution in [1.29, 1.82) is 0 Å². The van der Waals surface area contributed by atoms with Crippen molar-refractivity contribution in [3.8, 4) is 5.75 Å². The summed E-state index contributed by atoms with van der Waals surface area (Å²) in [6, 6.07) is 5.16. The van der Waals surface area contributed by atoms with Crippen LogP contribution in [0, 0.1) is 17.3 Å². The predicted molar refractivity (Wildman–Crippen MR) is 113 cm³/mol. The fourth-order valence-corrected chi connectivity index (χ4v) is 6.98. The first-order chi connectivity index (χ1) is 15.6. The molecule has 3 aliphatic carbocycles. The highest BCUT2D eigenvalue weighted by Gasteiger charge is 2.56. The predicted octanol–water partition coefficient (Wildman–Crippen LogP) is 1.02. The zero-order valence-corrected chi connectivity index (χ0v) is 18.4. The van der Waals surface area contributed by atoms with Gasteiger partial charge in [0.15, 0.2) is 12.4 Å². The molecule has 9 nitrogen and oxygen atoms in total. The summed E-state index contributed by atoms with van der Waals surface area (Å²) >= 11 is 0. The molecule has 9 heteroatoms. The minimum absolute atomic E-state index is 0.0710. The van der Waals surface area contributed by atoms with Gasteiger partial charge in [-0.2, -0.15) is 0 Å². The van der Waals surface area contributed by atoms with Gasteiger partial charge in [0.05, 0.1) is 12.2 Å². The van der Waals surface area contributed by atoms with Crippen molar-refractivity contribution in [2.45, 2.75) is 87.9 Å². The molecular weight excluding hydrogens is 432 g/mol. The van der Waals surface area contributed by atoms with Crippen LogP contribution in [0.2, 0.25) is 0 Å². The van der Waals surface area contributed by atoms with Crippen molar-refractivity contribution < 1.29 is 44.9 Å². The maximum Gasteiger partial charge on any atom is 0.335 e. The molecule has 1 aromatic carbocycles. The largest absolute Gasteiger partial charge is 0.508 e. The zero-order valence-electron chi connectivity index (χ0n) is 18.4. The molecule has 0 unspecified atom stereocenters. The second-order valence-electron chi connectivity index (χ2n) is 10.4. The van der Waals surface area contributed by atoms with E-state index in [9.17, 15) is 35.4 Å². The van der Waals surface area contributed by atoms with Crippen LogP contribution in [0.4, 0.5) is 0 Å². The molecule has 1 aliphatic heterocycles. The molecule has 1 saturated heterocycles. The third-order valence-corrected chi connectivity index (χ3v) is 8.80. The van der Waals surface area contributed by atoms with E-state index < -0.39 is 42.8 Å². The Morgan fingerprint density at radius 1 is 1.06 bits per heavy atom. The number of aliphatic hydroxyl groups is 4. The second kappa shape index (κ2) is 8.18. The van der Waals surface area contributed by atoms with Gasteiger partial charge < -0.3 is 40.1 Å². The number of hydrogen-bond acceptors (Lipinski definition) is 8. The number of carboxylic acid groups (broad SMARTS) is 1. The van der Waals surface area contributed by atoms with E-state index in [0.29, 0.717) is 6.42 Å².